The molecule has 102 valence electrons. The van der Waals surface area contributed by atoms with Gasteiger partial charge in [0.1, 0.15) is 10.8 Å². The van der Waals surface area contributed by atoms with Crippen molar-refractivity contribution >= 4 is 11.3 Å². The predicted octanol–water partition coefficient (Wildman–Crippen LogP) is 2.78. The lowest BCUT2D eigenvalue weighted by atomic mass is 10.2. The number of thiazole rings is 1. The molecule has 0 unspecified atom stereocenters. The van der Waals surface area contributed by atoms with Crippen LogP contribution in [0.1, 0.15) is 18.5 Å². The molecule has 5 heteroatoms. The van der Waals surface area contributed by atoms with E-state index in [1.807, 2.05) is 5.38 Å². The second kappa shape index (κ2) is 7.33. The number of nitrogens with zero attached hydrogens (tertiary/aromatic N) is 1. The Labute approximate surface area is 116 Å². The van der Waals surface area contributed by atoms with Crippen LogP contribution in [0.2, 0.25) is 0 Å². The average molecular weight is 279 g/mol. The lowest BCUT2D eigenvalue weighted by molar-refractivity contribution is 0.622. The maximum absolute atomic E-state index is 12.8. The van der Waals surface area contributed by atoms with E-state index in [1.54, 1.807) is 23.5 Å². The highest BCUT2D eigenvalue weighted by Crippen LogP contribution is 2.23. The Hall–Kier alpha value is -1.30. The maximum atomic E-state index is 12.8. The van der Waals surface area contributed by atoms with Crippen molar-refractivity contribution in [2.24, 2.45) is 5.73 Å². The van der Waals surface area contributed by atoms with Crippen molar-refractivity contribution in [2.45, 2.75) is 19.4 Å². The van der Waals surface area contributed by atoms with Gasteiger partial charge in [0.25, 0.3) is 0 Å². The minimum Gasteiger partial charge on any atom is -0.330 e. The Balaban J connectivity index is 1.86. The molecule has 3 N–H and O–H groups in total. The van der Waals surface area contributed by atoms with Gasteiger partial charge in [-0.05, 0) is 50.2 Å². The highest BCUT2D eigenvalue weighted by molar-refractivity contribution is 7.13. The summed E-state index contributed by atoms with van der Waals surface area (Å²) in [4.78, 5) is 4.54. The van der Waals surface area contributed by atoms with E-state index in [9.17, 15) is 4.39 Å². The summed E-state index contributed by atoms with van der Waals surface area (Å²) in [5.41, 5.74) is 7.42. The van der Waals surface area contributed by atoms with Gasteiger partial charge < -0.3 is 11.1 Å². The second-order valence-electron chi connectivity index (χ2n) is 4.32. The number of hydrogen-bond acceptors (Lipinski definition) is 4. The van der Waals surface area contributed by atoms with Crippen molar-refractivity contribution in [1.29, 1.82) is 0 Å². The minimum absolute atomic E-state index is 0.220. The number of halogens is 1. The number of nitrogens with two attached hydrogens (primary N) is 1. The smallest absolute Gasteiger partial charge is 0.123 e. The number of benzene rings is 1. The molecule has 0 saturated carbocycles. The van der Waals surface area contributed by atoms with Crippen LogP contribution < -0.4 is 11.1 Å². The number of hydrogen-bond donors (Lipinski definition) is 2. The summed E-state index contributed by atoms with van der Waals surface area (Å²) in [5.74, 6) is -0.220. The molecule has 2 aromatic rings. The SMILES string of the molecule is NCCCCNCc1csc(-c2ccc(F)cc2)n1. The fourth-order valence-corrected chi connectivity index (χ4v) is 2.55. The maximum Gasteiger partial charge on any atom is 0.123 e. The molecule has 0 fully saturated rings. The van der Waals surface area contributed by atoms with E-state index in [4.69, 9.17) is 5.73 Å². The van der Waals surface area contributed by atoms with Crippen LogP contribution in [0.15, 0.2) is 29.6 Å². The van der Waals surface area contributed by atoms with E-state index < -0.39 is 0 Å². The van der Waals surface area contributed by atoms with Gasteiger partial charge in [-0.15, -0.1) is 11.3 Å². The lowest BCUT2D eigenvalue weighted by Gasteiger charge is -2.01. The van der Waals surface area contributed by atoms with E-state index in [2.05, 4.69) is 10.3 Å². The molecule has 0 saturated heterocycles. The Morgan fingerprint density at radius 1 is 1.21 bits per heavy atom. The molecule has 0 aliphatic heterocycles. The molecule has 0 aliphatic rings. The van der Waals surface area contributed by atoms with Gasteiger partial charge in [-0.3, -0.25) is 0 Å². The van der Waals surface area contributed by atoms with Crippen molar-refractivity contribution in [3.05, 3.63) is 41.2 Å². The highest BCUT2D eigenvalue weighted by atomic mass is 32.1. The molecule has 0 atom stereocenters. The molecule has 0 radical (unpaired) electrons. The molecule has 0 spiro atoms. The van der Waals surface area contributed by atoms with Crippen LogP contribution in [-0.2, 0) is 6.54 Å². The summed E-state index contributed by atoms with van der Waals surface area (Å²) in [5, 5.41) is 6.30. The van der Waals surface area contributed by atoms with Gasteiger partial charge in [0.05, 0.1) is 5.69 Å². The van der Waals surface area contributed by atoms with Gasteiger partial charge in [0.15, 0.2) is 0 Å². The van der Waals surface area contributed by atoms with Crippen LogP contribution >= 0.6 is 11.3 Å². The summed E-state index contributed by atoms with van der Waals surface area (Å²) >= 11 is 1.58. The van der Waals surface area contributed by atoms with Crippen LogP contribution in [0.5, 0.6) is 0 Å². The van der Waals surface area contributed by atoms with E-state index in [1.165, 1.54) is 12.1 Å². The van der Waals surface area contributed by atoms with Crippen LogP contribution in [0.25, 0.3) is 10.6 Å². The number of aromatic nitrogens is 1. The minimum atomic E-state index is -0.220. The highest BCUT2D eigenvalue weighted by Gasteiger charge is 2.04. The fraction of sp³-hybridized carbons (Fsp3) is 0.357. The zero-order valence-corrected chi connectivity index (χ0v) is 11.5. The molecule has 1 aromatic heterocycles. The van der Waals surface area contributed by atoms with Gasteiger partial charge in [-0.2, -0.15) is 0 Å². The molecular formula is C14H18FN3S. The summed E-state index contributed by atoms with van der Waals surface area (Å²) in [6, 6.07) is 6.43. The van der Waals surface area contributed by atoms with Crippen LogP contribution in [0, 0.1) is 5.82 Å². The average Bonchev–Trinajstić information content (AvgIpc) is 2.88. The topological polar surface area (TPSA) is 50.9 Å². The Kier molecular flexibility index (Phi) is 5.44. The first-order valence-corrected chi connectivity index (χ1v) is 7.28. The second-order valence-corrected chi connectivity index (χ2v) is 5.18. The number of nitrogens with one attached hydrogen (secondary N) is 1. The van der Waals surface area contributed by atoms with Gasteiger partial charge in [-0.1, -0.05) is 0 Å². The normalized spacial score (nSPS) is 10.8. The van der Waals surface area contributed by atoms with Gasteiger partial charge >= 0.3 is 0 Å². The van der Waals surface area contributed by atoms with Gasteiger partial charge in [0.2, 0.25) is 0 Å². The molecule has 1 heterocycles. The number of rotatable bonds is 7. The third kappa shape index (κ3) is 4.38. The Bertz CT molecular complexity index is 496. The fourth-order valence-electron chi connectivity index (χ4n) is 1.72. The van der Waals surface area contributed by atoms with E-state index in [-0.39, 0.29) is 5.82 Å². The van der Waals surface area contributed by atoms with Crippen molar-refractivity contribution in [1.82, 2.24) is 10.3 Å². The first kappa shape index (κ1) is 14.1. The summed E-state index contributed by atoms with van der Waals surface area (Å²) in [6.07, 6.45) is 2.14. The van der Waals surface area contributed by atoms with Crippen LogP contribution in [-0.4, -0.2) is 18.1 Å². The molecule has 3 nitrogen and oxygen atoms in total. The summed E-state index contributed by atoms with van der Waals surface area (Å²) in [7, 11) is 0. The predicted molar refractivity (Wildman–Crippen MR) is 77.5 cm³/mol. The van der Waals surface area contributed by atoms with Crippen molar-refractivity contribution in [3.63, 3.8) is 0 Å². The molecule has 1 aromatic carbocycles. The van der Waals surface area contributed by atoms with Crippen molar-refractivity contribution in [3.8, 4) is 10.6 Å². The van der Waals surface area contributed by atoms with E-state index in [0.29, 0.717) is 0 Å². The first-order chi connectivity index (χ1) is 9.29. The largest absolute Gasteiger partial charge is 0.330 e. The zero-order valence-electron chi connectivity index (χ0n) is 10.7. The van der Waals surface area contributed by atoms with E-state index in [0.717, 1.165) is 48.7 Å². The van der Waals surface area contributed by atoms with Gasteiger partial charge in [-0.25, -0.2) is 9.37 Å². The Morgan fingerprint density at radius 3 is 2.74 bits per heavy atom. The monoisotopic (exact) mass is 279 g/mol. The summed E-state index contributed by atoms with van der Waals surface area (Å²) in [6.45, 7) is 2.47. The van der Waals surface area contributed by atoms with Crippen molar-refractivity contribution in [2.75, 3.05) is 13.1 Å². The Morgan fingerprint density at radius 2 is 2.00 bits per heavy atom. The molecule has 0 bridgehead atoms. The van der Waals surface area contributed by atoms with Gasteiger partial charge in [0, 0.05) is 17.5 Å². The lowest BCUT2D eigenvalue weighted by Crippen LogP contribution is -2.16. The number of unbranched alkanes of at least 4 members (excludes halogenated alkanes) is 1. The van der Waals surface area contributed by atoms with Crippen LogP contribution in [0.4, 0.5) is 4.39 Å². The zero-order chi connectivity index (χ0) is 13.5. The molecular weight excluding hydrogens is 261 g/mol. The van der Waals surface area contributed by atoms with Crippen molar-refractivity contribution < 1.29 is 4.39 Å². The molecule has 19 heavy (non-hydrogen) atoms. The van der Waals surface area contributed by atoms with E-state index >= 15 is 0 Å². The standard InChI is InChI=1S/C14H18FN3S/c15-12-5-3-11(4-6-12)14-18-13(10-19-14)9-17-8-2-1-7-16/h3-6,10,17H,1-2,7-9,16H2. The third-order valence-electron chi connectivity index (χ3n) is 2.76. The quantitative estimate of drug-likeness (QED) is 0.766. The molecule has 0 amide bonds. The summed E-state index contributed by atoms with van der Waals surface area (Å²) < 4.78 is 12.8. The third-order valence-corrected chi connectivity index (χ3v) is 3.70. The molecule has 0 aliphatic carbocycles. The molecule has 2 rings (SSSR count). The van der Waals surface area contributed by atoms with Crippen LogP contribution in [0.3, 0.4) is 0 Å². The first-order valence-electron chi connectivity index (χ1n) is 6.40.